The molecule has 37 heavy (non-hydrogen) atoms. The van der Waals surface area contributed by atoms with Gasteiger partial charge in [0.05, 0.1) is 26.3 Å². The van der Waals surface area contributed by atoms with Gasteiger partial charge in [0.2, 0.25) is 5.91 Å². The third-order valence-electron chi connectivity index (χ3n) is 6.03. The minimum atomic E-state index is -0.816. The molecule has 3 aromatic carbocycles. The van der Waals surface area contributed by atoms with Gasteiger partial charge in [-0.3, -0.25) is 9.59 Å². The number of rotatable bonds is 8. The molecule has 10 heteroatoms. The quantitative estimate of drug-likeness (QED) is 0.315. The van der Waals surface area contributed by atoms with E-state index in [4.69, 9.17) is 33.3 Å². The molecule has 3 aromatic rings. The molecule has 0 aromatic heterocycles. The second kappa shape index (κ2) is 11.6. The fourth-order valence-corrected chi connectivity index (χ4v) is 4.60. The van der Waals surface area contributed by atoms with Crippen LogP contribution >= 0.6 is 23.8 Å². The Balaban J connectivity index is 1.59. The number of benzene rings is 3. The van der Waals surface area contributed by atoms with E-state index in [9.17, 15) is 14.0 Å². The molecule has 0 bridgehead atoms. The number of methoxy groups -OCH3 is 2. The predicted molar refractivity (Wildman–Crippen MR) is 145 cm³/mol. The van der Waals surface area contributed by atoms with E-state index in [1.165, 1.54) is 12.1 Å². The third-order valence-corrected chi connectivity index (χ3v) is 6.62. The molecule has 1 heterocycles. The first kappa shape index (κ1) is 26.4. The molecule has 2 amide bonds. The Kier molecular flexibility index (Phi) is 8.25. The second-order valence-electron chi connectivity index (χ2n) is 8.33. The first-order valence-electron chi connectivity index (χ1n) is 11.5. The van der Waals surface area contributed by atoms with Crippen LogP contribution in [-0.4, -0.2) is 48.6 Å². The zero-order valence-electron chi connectivity index (χ0n) is 20.2. The minimum absolute atomic E-state index is 0.0430. The van der Waals surface area contributed by atoms with E-state index in [0.29, 0.717) is 40.9 Å². The zero-order valence-corrected chi connectivity index (χ0v) is 21.8. The largest absolute Gasteiger partial charge is 0.493 e. The molecule has 7 nitrogen and oxygen atoms in total. The van der Waals surface area contributed by atoms with Gasteiger partial charge in [-0.2, -0.15) is 0 Å². The van der Waals surface area contributed by atoms with Crippen molar-refractivity contribution in [3.63, 3.8) is 0 Å². The second-order valence-corrected chi connectivity index (χ2v) is 9.16. The molecule has 1 N–H and O–H groups in total. The van der Waals surface area contributed by atoms with E-state index in [1.54, 1.807) is 61.6 Å². The van der Waals surface area contributed by atoms with E-state index < -0.39 is 6.04 Å². The fourth-order valence-electron chi connectivity index (χ4n) is 4.13. The monoisotopic (exact) mass is 541 g/mol. The summed E-state index contributed by atoms with van der Waals surface area (Å²) in [4.78, 5) is 29.3. The number of thiocarbonyl (C=S) groups is 1. The van der Waals surface area contributed by atoms with Gasteiger partial charge in [-0.15, -0.1) is 0 Å². The number of amides is 2. The maximum Gasteiger partial charge on any atom is 0.257 e. The van der Waals surface area contributed by atoms with Crippen LogP contribution in [0.15, 0.2) is 66.7 Å². The number of nitrogens with one attached hydrogen (secondary N) is 1. The number of hydrogen-bond donors (Lipinski definition) is 1. The van der Waals surface area contributed by atoms with Gasteiger partial charge in [0.15, 0.2) is 16.6 Å². The SMILES string of the molecule is COc1ccc(CCN(C(=S)Nc2ccc(F)cc2)C2CC(=O)N(c3ccc(Cl)cc3)C2=O)cc1OC. The summed E-state index contributed by atoms with van der Waals surface area (Å²) < 4.78 is 24.1. The third kappa shape index (κ3) is 6.00. The van der Waals surface area contributed by atoms with Crippen molar-refractivity contribution in [2.45, 2.75) is 18.9 Å². The Morgan fingerprint density at radius 1 is 1.05 bits per heavy atom. The lowest BCUT2D eigenvalue weighted by atomic mass is 10.1. The van der Waals surface area contributed by atoms with E-state index in [0.717, 1.165) is 10.5 Å². The summed E-state index contributed by atoms with van der Waals surface area (Å²) in [7, 11) is 3.12. The van der Waals surface area contributed by atoms with Gasteiger partial charge >= 0.3 is 0 Å². The molecule has 1 aliphatic heterocycles. The molecular weight excluding hydrogens is 517 g/mol. The van der Waals surface area contributed by atoms with Crippen LogP contribution in [0.25, 0.3) is 0 Å². The average Bonchev–Trinajstić information content (AvgIpc) is 3.19. The Labute approximate surface area is 224 Å². The van der Waals surface area contributed by atoms with E-state index in [2.05, 4.69) is 5.32 Å². The maximum atomic E-state index is 13.5. The van der Waals surface area contributed by atoms with Crippen molar-refractivity contribution in [1.29, 1.82) is 0 Å². The Hall–Kier alpha value is -3.69. The highest BCUT2D eigenvalue weighted by Crippen LogP contribution is 2.30. The Morgan fingerprint density at radius 2 is 1.73 bits per heavy atom. The number of carbonyl (C=O) groups is 2. The van der Waals surface area contributed by atoms with E-state index in [-0.39, 0.29) is 29.2 Å². The van der Waals surface area contributed by atoms with Crippen molar-refractivity contribution in [2.75, 3.05) is 31.0 Å². The molecule has 1 unspecified atom stereocenters. The molecular formula is C27H25ClFN3O4S. The Morgan fingerprint density at radius 3 is 2.38 bits per heavy atom. The van der Waals surface area contributed by atoms with Gasteiger partial charge in [0.25, 0.3) is 5.91 Å². The lowest BCUT2D eigenvalue weighted by Crippen LogP contribution is -2.48. The van der Waals surface area contributed by atoms with Crippen LogP contribution in [0.2, 0.25) is 5.02 Å². The van der Waals surface area contributed by atoms with Crippen LogP contribution in [0.3, 0.4) is 0 Å². The van der Waals surface area contributed by atoms with Crippen molar-refractivity contribution in [1.82, 2.24) is 4.90 Å². The van der Waals surface area contributed by atoms with Crippen molar-refractivity contribution >= 4 is 52.1 Å². The summed E-state index contributed by atoms with van der Waals surface area (Å²) in [5.41, 5.74) is 1.94. The predicted octanol–water partition coefficient (Wildman–Crippen LogP) is 5.07. The molecule has 0 radical (unpaired) electrons. The van der Waals surface area contributed by atoms with Crippen molar-refractivity contribution in [3.8, 4) is 11.5 Å². The molecule has 1 aliphatic rings. The smallest absolute Gasteiger partial charge is 0.257 e. The molecule has 1 fully saturated rings. The van der Waals surface area contributed by atoms with Crippen LogP contribution in [-0.2, 0) is 16.0 Å². The summed E-state index contributed by atoms with van der Waals surface area (Å²) in [5.74, 6) is 0.0873. The number of halogens is 2. The summed E-state index contributed by atoms with van der Waals surface area (Å²) in [6.07, 6.45) is 0.461. The number of hydrogen-bond acceptors (Lipinski definition) is 5. The van der Waals surface area contributed by atoms with Crippen molar-refractivity contribution < 1.29 is 23.5 Å². The van der Waals surface area contributed by atoms with Crippen molar-refractivity contribution in [3.05, 3.63) is 83.1 Å². The number of ether oxygens (including phenoxy) is 2. The molecule has 0 aliphatic carbocycles. The first-order valence-corrected chi connectivity index (χ1v) is 12.3. The van der Waals surface area contributed by atoms with E-state index in [1.807, 2.05) is 12.1 Å². The standard InChI is InChI=1S/C27H25ClFN3O4S/c1-35-23-12-3-17(15-24(23)36-2)13-14-31(27(37)30-20-8-6-19(29)7-9-20)22-16-25(33)32(26(22)34)21-10-4-18(28)5-11-21/h3-12,15,22H,13-14,16H2,1-2H3,(H,30,37). The molecule has 0 spiro atoms. The highest BCUT2D eigenvalue weighted by molar-refractivity contribution is 7.80. The Bertz CT molecular complexity index is 1300. The van der Waals surface area contributed by atoms with Gasteiger partial charge in [-0.25, -0.2) is 9.29 Å². The van der Waals surface area contributed by atoms with Gasteiger partial charge in [0.1, 0.15) is 11.9 Å². The lowest BCUT2D eigenvalue weighted by Gasteiger charge is -2.30. The summed E-state index contributed by atoms with van der Waals surface area (Å²) in [5, 5.41) is 3.81. The van der Waals surface area contributed by atoms with Crippen LogP contribution in [0, 0.1) is 5.82 Å². The maximum absolute atomic E-state index is 13.5. The number of nitrogens with zero attached hydrogens (tertiary/aromatic N) is 2. The summed E-state index contributed by atoms with van der Waals surface area (Å²) in [6, 6.07) is 17.0. The van der Waals surface area contributed by atoms with Crippen molar-refractivity contribution in [2.24, 2.45) is 0 Å². The summed E-state index contributed by atoms with van der Waals surface area (Å²) in [6.45, 7) is 0.334. The number of carbonyl (C=O) groups excluding carboxylic acids is 2. The average molecular weight is 542 g/mol. The van der Waals surface area contributed by atoms with Crippen LogP contribution < -0.4 is 19.7 Å². The van der Waals surface area contributed by atoms with Gasteiger partial charge in [-0.05, 0) is 84.9 Å². The van der Waals surface area contributed by atoms with Gasteiger partial charge < -0.3 is 19.7 Å². The minimum Gasteiger partial charge on any atom is -0.493 e. The molecule has 192 valence electrons. The normalized spacial score (nSPS) is 15.0. The van der Waals surface area contributed by atoms with E-state index >= 15 is 0 Å². The van der Waals surface area contributed by atoms with Gasteiger partial charge in [-0.1, -0.05) is 17.7 Å². The zero-order chi connectivity index (χ0) is 26.5. The topological polar surface area (TPSA) is 71.1 Å². The molecule has 4 rings (SSSR count). The molecule has 1 atom stereocenters. The lowest BCUT2D eigenvalue weighted by molar-refractivity contribution is -0.122. The first-order chi connectivity index (χ1) is 17.8. The van der Waals surface area contributed by atoms with Crippen LogP contribution in [0.5, 0.6) is 11.5 Å². The number of imide groups is 1. The highest BCUT2D eigenvalue weighted by atomic mass is 35.5. The molecule has 0 saturated carbocycles. The van der Waals surface area contributed by atoms with Crippen LogP contribution in [0.1, 0.15) is 12.0 Å². The number of anilines is 2. The van der Waals surface area contributed by atoms with Gasteiger partial charge in [0, 0.05) is 17.3 Å². The summed E-state index contributed by atoms with van der Waals surface area (Å²) >= 11 is 11.6. The highest BCUT2D eigenvalue weighted by Gasteiger charge is 2.43. The molecule has 1 saturated heterocycles. The fraction of sp³-hybridized carbons (Fsp3) is 0.222. The van der Waals surface area contributed by atoms with Crippen LogP contribution in [0.4, 0.5) is 15.8 Å².